The number of hydrogen-bond acceptors (Lipinski definition) is 8. The van der Waals surface area contributed by atoms with Crippen molar-refractivity contribution >= 4 is 24.5 Å². The lowest BCUT2D eigenvalue weighted by atomic mass is 10.1. The number of likely N-dealkylation sites (N-methyl/N-ethyl adjacent to an activating group) is 1. The van der Waals surface area contributed by atoms with E-state index in [0.717, 1.165) is 50.3 Å². The third kappa shape index (κ3) is 17.0. The van der Waals surface area contributed by atoms with Gasteiger partial charge in [0, 0.05) is 6.54 Å². The van der Waals surface area contributed by atoms with Crippen molar-refractivity contribution < 1.29 is 23.8 Å². The van der Waals surface area contributed by atoms with Gasteiger partial charge in [0.15, 0.2) is 0 Å². The molecule has 29 heavy (non-hydrogen) atoms. The number of carbonyl (C=O) groups is 2. The van der Waals surface area contributed by atoms with Crippen LogP contribution in [-0.4, -0.2) is 77.4 Å². The standard InChI is InChI=1S/C10H15NO.C8H15NO2S.C3H6O2/c1-11-8-7-9-3-5-10(12-2)6-4-9;1-12-3-2-7(5-10)9-4-8-6-11-8;1-2-5-3-4/h3-6,11H,7-8H2,1-2H3;5,7-9H,2-4,6H2,1H3;3H,2H2,1H3. The Bertz CT molecular complexity index is 512. The molecule has 8 heteroatoms. The molecule has 0 bridgehead atoms. The normalized spacial score (nSPS) is 15.0. The number of carbonyl (C=O) groups excluding carboxylic acids is 2. The highest BCUT2D eigenvalue weighted by atomic mass is 32.2. The van der Waals surface area contributed by atoms with Gasteiger partial charge in [0.2, 0.25) is 0 Å². The summed E-state index contributed by atoms with van der Waals surface area (Å²) in [5.41, 5.74) is 1.34. The maximum atomic E-state index is 10.5. The minimum absolute atomic E-state index is 0.0154. The van der Waals surface area contributed by atoms with Crippen LogP contribution in [0.2, 0.25) is 0 Å². The second-order valence-corrected chi connectivity index (χ2v) is 7.13. The number of thioether (sulfide) groups is 1. The third-order valence-corrected chi connectivity index (χ3v) is 4.51. The number of benzene rings is 1. The first-order valence-corrected chi connectivity index (χ1v) is 11.2. The van der Waals surface area contributed by atoms with E-state index in [0.29, 0.717) is 19.2 Å². The van der Waals surface area contributed by atoms with Crippen LogP contribution in [-0.2, 0) is 25.5 Å². The molecule has 2 N–H and O–H groups in total. The largest absolute Gasteiger partial charge is 0.497 e. The Hall–Kier alpha value is -1.61. The fraction of sp³-hybridized carbons (Fsp3) is 0.619. The highest BCUT2D eigenvalue weighted by Crippen LogP contribution is 2.11. The highest BCUT2D eigenvalue weighted by molar-refractivity contribution is 7.98. The molecule has 1 heterocycles. The third-order valence-electron chi connectivity index (χ3n) is 3.86. The summed E-state index contributed by atoms with van der Waals surface area (Å²) in [4.78, 5) is 19.7. The van der Waals surface area contributed by atoms with E-state index in [1.54, 1.807) is 25.8 Å². The van der Waals surface area contributed by atoms with E-state index in [1.165, 1.54) is 5.56 Å². The first-order valence-electron chi connectivity index (χ1n) is 9.77. The molecule has 0 spiro atoms. The van der Waals surface area contributed by atoms with E-state index in [9.17, 15) is 9.59 Å². The molecule has 1 aromatic carbocycles. The summed E-state index contributed by atoms with van der Waals surface area (Å²) in [5, 5.41) is 6.27. The van der Waals surface area contributed by atoms with E-state index in [4.69, 9.17) is 9.47 Å². The smallest absolute Gasteiger partial charge is 0.293 e. The van der Waals surface area contributed by atoms with Crippen LogP contribution in [0.4, 0.5) is 0 Å². The summed E-state index contributed by atoms with van der Waals surface area (Å²) in [7, 11) is 3.64. The van der Waals surface area contributed by atoms with Crippen LogP contribution < -0.4 is 15.4 Å². The zero-order valence-corrected chi connectivity index (χ0v) is 18.8. The van der Waals surface area contributed by atoms with Crippen LogP contribution in [0.15, 0.2) is 24.3 Å². The predicted octanol–water partition coefficient (Wildman–Crippen LogP) is 1.93. The summed E-state index contributed by atoms with van der Waals surface area (Å²) in [6.45, 7) is 5.35. The van der Waals surface area contributed by atoms with Crippen molar-refractivity contribution in [3.63, 3.8) is 0 Å². The summed E-state index contributed by atoms with van der Waals surface area (Å²) in [6.07, 6.45) is 5.38. The molecule has 2 rings (SSSR count). The van der Waals surface area contributed by atoms with Gasteiger partial charge in [-0.25, -0.2) is 0 Å². The Morgan fingerprint density at radius 2 is 2.00 bits per heavy atom. The van der Waals surface area contributed by atoms with Gasteiger partial charge in [0.25, 0.3) is 6.47 Å². The van der Waals surface area contributed by atoms with Crippen LogP contribution >= 0.6 is 11.8 Å². The molecule has 1 aliphatic heterocycles. The lowest BCUT2D eigenvalue weighted by Gasteiger charge is -2.09. The molecule has 0 saturated carbocycles. The van der Waals surface area contributed by atoms with E-state index in [-0.39, 0.29) is 6.04 Å². The summed E-state index contributed by atoms with van der Waals surface area (Å²) >= 11 is 1.77. The van der Waals surface area contributed by atoms with Crippen LogP contribution in [0.25, 0.3) is 0 Å². The molecule has 2 atom stereocenters. The van der Waals surface area contributed by atoms with Crippen molar-refractivity contribution in [1.82, 2.24) is 10.6 Å². The van der Waals surface area contributed by atoms with Crippen molar-refractivity contribution in [2.45, 2.75) is 31.9 Å². The van der Waals surface area contributed by atoms with Gasteiger partial charge in [-0.2, -0.15) is 11.8 Å². The molecule has 0 radical (unpaired) electrons. The van der Waals surface area contributed by atoms with Crippen molar-refractivity contribution in [2.24, 2.45) is 0 Å². The average Bonchev–Trinajstić information content (AvgIpc) is 3.59. The fourth-order valence-corrected chi connectivity index (χ4v) is 2.55. The maximum absolute atomic E-state index is 10.5. The topological polar surface area (TPSA) is 89.2 Å². The Kier molecular flexibility index (Phi) is 18.6. The number of ether oxygens (including phenoxy) is 3. The molecule has 1 saturated heterocycles. The second kappa shape index (κ2) is 19.7. The van der Waals surface area contributed by atoms with Crippen LogP contribution in [0, 0.1) is 0 Å². The Morgan fingerprint density at radius 1 is 1.31 bits per heavy atom. The molecule has 1 aromatic rings. The highest BCUT2D eigenvalue weighted by Gasteiger charge is 2.22. The van der Waals surface area contributed by atoms with Crippen molar-refractivity contribution in [1.29, 1.82) is 0 Å². The van der Waals surface area contributed by atoms with Crippen LogP contribution in [0.3, 0.4) is 0 Å². The molecule has 0 amide bonds. The first-order chi connectivity index (χ1) is 14.1. The molecule has 0 aromatic heterocycles. The van der Waals surface area contributed by atoms with Crippen molar-refractivity contribution in [2.75, 3.05) is 52.5 Å². The molecule has 166 valence electrons. The summed E-state index contributed by atoms with van der Waals surface area (Å²) < 4.78 is 14.2. The molecular formula is C21H36N2O5S. The monoisotopic (exact) mass is 428 g/mol. The second-order valence-electron chi connectivity index (χ2n) is 6.14. The molecule has 7 nitrogen and oxygen atoms in total. The zero-order valence-electron chi connectivity index (χ0n) is 18.0. The van der Waals surface area contributed by atoms with Gasteiger partial charge >= 0.3 is 0 Å². The van der Waals surface area contributed by atoms with Gasteiger partial charge < -0.3 is 29.6 Å². The number of aldehydes is 1. The molecule has 0 aliphatic carbocycles. The maximum Gasteiger partial charge on any atom is 0.293 e. The summed E-state index contributed by atoms with van der Waals surface area (Å²) in [6, 6.07) is 8.18. The Labute approximate surface area is 179 Å². The molecule has 1 aliphatic rings. The number of rotatable bonds is 13. The Morgan fingerprint density at radius 3 is 2.41 bits per heavy atom. The lowest BCUT2D eigenvalue weighted by Crippen LogP contribution is -2.33. The number of epoxide rings is 1. The molecule has 2 unspecified atom stereocenters. The van der Waals surface area contributed by atoms with Crippen LogP contribution in [0.5, 0.6) is 5.75 Å². The predicted molar refractivity (Wildman–Crippen MR) is 119 cm³/mol. The first kappa shape index (κ1) is 27.4. The SMILES string of the molecule is CCOC=O.CNCCc1ccc(OC)cc1.CSCCC(C=O)NCC1CO1. The van der Waals surface area contributed by atoms with Gasteiger partial charge in [-0.15, -0.1) is 0 Å². The number of hydrogen-bond donors (Lipinski definition) is 2. The van der Waals surface area contributed by atoms with Gasteiger partial charge in [-0.05, 0) is 63.1 Å². The number of methoxy groups -OCH3 is 1. The van der Waals surface area contributed by atoms with Crippen molar-refractivity contribution in [3.8, 4) is 5.75 Å². The number of nitrogens with one attached hydrogen (secondary N) is 2. The van der Waals surface area contributed by atoms with E-state index in [1.807, 2.05) is 25.4 Å². The van der Waals surface area contributed by atoms with Crippen molar-refractivity contribution in [3.05, 3.63) is 29.8 Å². The van der Waals surface area contributed by atoms with Gasteiger partial charge in [-0.3, -0.25) is 4.79 Å². The van der Waals surface area contributed by atoms with Crippen LogP contribution in [0.1, 0.15) is 18.9 Å². The van der Waals surface area contributed by atoms with Gasteiger partial charge in [0.05, 0.1) is 32.5 Å². The van der Waals surface area contributed by atoms with E-state index in [2.05, 4.69) is 27.5 Å². The molecule has 1 fully saturated rings. The minimum Gasteiger partial charge on any atom is -0.497 e. The van der Waals surface area contributed by atoms with E-state index < -0.39 is 0 Å². The lowest BCUT2D eigenvalue weighted by molar-refractivity contribution is -0.128. The van der Waals surface area contributed by atoms with E-state index >= 15 is 0 Å². The molecular weight excluding hydrogens is 392 g/mol. The Balaban J connectivity index is 0.000000442. The fourth-order valence-electron chi connectivity index (χ4n) is 2.06. The average molecular weight is 429 g/mol. The quantitative estimate of drug-likeness (QED) is 0.364. The zero-order chi connectivity index (χ0) is 21.7. The van der Waals surface area contributed by atoms with Gasteiger partial charge in [-0.1, -0.05) is 12.1 Å². The minimum atomic E-state index is 0.0154. The van der Waals surface area contributed by atoms with Gasteiger partial charge in [0.1, 0.15) is 12.0 Å². The summed E-state index contributed by atoms with van der Waals surface area (Å²) in [5.74, 6) is 1.95.